The molecule has 152 valence electrons. The summed E-state index contributed by atoms with van der Waals surface area (Å²) in [6.45, 7) is 5.74. The van der Waals surface area contributed by atoms with E-state index in [2.05, 4.69) is 9.97 Å². The molecular weight excluding hydrogens is 368 g/mol. The molecule has 7 heteroatoms. The minimum absolute atomic E-state index is 0.0102. The summed E-state index contributed by atoms with van der Waals surface area (Å²) in [7, 11) is 0. The lowest BCUT2D eigenvalue weighted by Crippen LogP contribution is -2.47. The highest BCUT2D eigenvalue weighted by atomic mass is 16.5. The molecule has 29 heavy (non-hydrogen) atoms. The lowest BCUT2D eigenvalue weighted by atomic mass is 10.0. The van der Waals surface area contributed by atoms with Gasteiger partial charge in [0, 0.05) is 37.6 Å². The molecule has 0 N–H and O–H groups in total. The Hall–Kier alpha value is -2.96. The average molecular weight is 394 g/mol. The van der Waals surface area contributed by atoms with Gasteiger partial charge in [-0.05, 0) is 49.9 Å². The predicted molar refractivity (Wildman–Crippen MR) is 109 cm³/mol. The predicted octanol–water partition coefficient (Wildman–Crippen LogP) is 2.52. The highest BCUT2D eigenvalue weighted by Gasteiger charge is 2.38. The molecule has 0 radical (unpaired) electrons. The van der Waals surface area contributed by atoms with Gasteiger partial charge in [-0.3, -0.25) is 14.6 Å². The summed E-state index contributed by atoms with van der Waals surface area (Å²) in [5.74, 6) is 0.219. The van der Waals surface area contributed by atoms with Crippen LogP contribution in [-0.4, -0.2) is 52.4 Å². The van der Waals surface area contributed by atoms with Crippen LogP contribution < -0.4 is 9.64 Å². The number of ether oxygens (including phenoxy) is 1. The van der Waals surface area contributed by atoms with Gasteiger partial charge in [-0.1, -0.05) is 6.07 Å². The molecule has 2 fully saturated rings. The number of likely N-dealkylation sites (tertiary alicyclic amines) is 1. The highest BCUT2D eigenvalue weighted by Crippen LogP contribution is 2.29. The molecule has 2 aromatic rings. The maximum Gasteiger partial charge on any atom is 0.232 e. The molecule has 0 bridgehead atoms. The third-order valence-corrected chi connectivity index (χ3v) is 5.79. The van der Waals surface area contributed by atoms with Gasteiger partial charge in [0.05, 0.1) is 18.7 Å². The molecule has 2 saturated heterocycles. The maximum absolute atomic E-state index is 13.1. The number of piperidine rings is 1. The lowest BCUT2D eigenvalue weighted by molar-refractivity contribution is -0.138. The number of nitrogens with zero attached hydrogens (tertiary/aromatic N) is 4. The summed E-state index contributed by atoms with van der Waals surface area (Å²) in [6.07, 6.45) is 6.68. The molecule has 2 atom stereocenters. The Labute approximate surface area is 170 Å². The lowest BCUT2D eigenvalue weighted by Gasteiger charge is -2.34. The zero-order chi connectivity index (χ0) is 20.4. The molecule has 2 unspecified atom stereocenters. The number of carbonyl (C=O) groups is 2. The second-order valence-electron chi connectivity index (χ2n) is 7.88. The number of anilines is 1. The molecule has 3 heterocycles. The molecule has 4 rings (SSSR count). The smallest absolute Gasteiger partial charge is 0.232 e. The zero-order valence-electron chi connectivity index (χ0n) is 16.9. The summed E-state index contributed by atoms with van der Waals surface area (Å²) in [5, 5.41) is 0. The van der Waals surface area contributed by atoms with Gasteiger partial charge >= 0.3 is 0 Å². The van der Waals surface area contributed by atoms with Crippen LogP contribution in [0.2, 0.25) is 0 Å². The molecule has 2 aliphatic rings. The molecule has 1 aromatic heterocycles. The second-order valence-corrected chi connectivity index (χ2v) is 7.88. The van der Waals surface area contributed by atoms with Gasteiger partial charge in [0.15, 0.2) is 0 Å². The number of amides is 2. The quantitative estimate of drug-likeness (QED) is 0.797. The monoisotopic (exact) mass is 394 g/mol. The third kappa shape index (κ3) is 4.23. The van der Waals surface area contributed by atoms with E-state index in [1.807, 2.05) is 36.9 Å². The fourth-order valence-electron chi connectivity index (χ4n) is 4.03. The minimum atomic E-state index is -0.306. The Balaban J connectivity index is 1.40. The average Bonchev–Trinajstić information content (AvgIpc) is 3.12. The van der Waals surface area contributed by atoms with Crippen molar-refractivity contribution in [1.29, 1.82) is 0 Å². The van der Waals surface area contributed by atoms with Crippen molar-refractivity contribution < 1.29 is 14.3 Å². The maximum atomic E-state index is 13.1. The van der Waals surface area contributed by atoms with E-state index in [0.29, 0.717) is 25.5 Å². The number of aryl methyl sites for hydroxylation is 2. The first-order valence-electron chi connectivity index (χ1n) is 10.1. The number of rotatable bonds is 4. The largest absolute Gasteiger partial charge is 0.471 e. The van der Waals surface area contributed by atoms with E-state index < -0.39 is 0 Å². The van der Waals surface area contributed by atoms with E-state index in [1.54, 1.807) is 23.5 Å². The van der Waals surface area contributed by atoms with Crippen molar-refractivity contribution in [3.63, 3.8) is 0 Å². The zero-order valence-corrected chi connectivity index (χ0v) is 16.9. The molecule has 1 aromatic carbocycles. The molecule has 0 spiro atoms. The summed E-state index contributed by atoms with van der Waals surface area (Å²) in [4.78, 5) is 37.4. The van der Waals surface area contributed by atoms with Crippen molar-refractivity contribution in [3.05, 3.63) is 47.9 Å². The van der Waals surface area contributed by atoms with Gasteiger partial charge in [0.2, 0.25) is 17.7 Å². The molecule has 2 aliphatic heterocycles. The topological polar surface area (TPSA) is 75.6 Å². The number of aromatic nitrogens is 2. The van der Waals surface area contributed by atoms with Gasteiger partial charge in [0.1, 0.15) is 6.10 Å². The first kappa shape index (κ1) is 19.4. The second kappa shape index (κ2) is 8.19. The van der Waals surface area contributed by atoms with Crippen LogP contribution in [0.4, 0.5) is 5.69 Å². The standard InChI is InChI=1S/C22H26N4O3/c1-15-5-6-18(10-16(15)2)26-13-17(11-21(26)27)22(28)25-9-3-4-19(14-25)29-20-12-23-7-8-24-20/h5-8,10,12,17,19H,3-4,9,11,13-14H2,1-2H3. The van der Waals surface area contributed by atoms with Gasteiger partial charge in [0.25, 0.3) is 0 Å². The number of carbonyl (C=O) groups excluding carboxylic acids is 2. The Kier molecular flexibility index (Phi) is 5.47. The fourth-order valence-corrected chi connectivity index (χ4v) is 4.03. The van der Waals surface area contributed by atoms with Crippen molar-refractivity contribution in [3.8, 4) is 5.88 Å². The molecule has 0 saturated carbocycles. The molecule has 0 aliphatic carbocycles. The number of benzene rings is 1. The Morgan fingerprint density at radius 1 is 1.17 bits per heavy atom. The first-order chi connectivity index (χ1) is 14.0. The van der Waals surface area contributed by atoms with Gasteiger partial charge in [-0.2, -0.15) is 0 Å². The van der Waals surface area contributed by atoms with Gasteiger partial charge in [-0.15, -0.1) is 0 Å². The molecule has 7 nitrogen and oxygen atoms in total. The van der Waals surface area contributed by atoms with Crippen molar-refractivity contribution in [2.45, 2.75) is 39.2 Å². The Bertz CT molecular complexity index is 902. The number of hydrogen-bond donors (Lipinski definition) is 0. The van der Waals surface area contributed by atoms with Crippen LogP contribution >= 0.6 is 0 Å². The third-order valence-electron chi connectivity index (χ3n) is 5.79. The summed E-state index contributed by atoms with van der Waals surface area (Å²) in [5.41, 5.74) is 3.21. The number of hydrogen-bond acceptors (Lipinski definition) is 5. The van der Waals surface area contributed by atoms with Gasteiger partial charge in [-0.25, -0.2) is 4.98 Å². The van der Waals surface area contributed by atoms with Crippen molar-refractivity contribution in [2.75, 3.05) is 24.5 Å². The SMILES string of the molecule is Cc1ccc(N2CC(C(=O)N3CCCC(Oc4cnccn4)C3)CC2=O)cc1C. The van der Waals surface area contributed by atoms with E-state index >= 15 is 0 Å². The van der Waals surface area contributed by atoms with Crippen molar-refractivity contribution in [2.24, 2.45) is 5.92 Å². The normalized spacial score (nSPS) is 22.1. The van der Waals surface area contributed by atoms with Crippen LogP contribution in [0.1, 0.15) is 30.4 Å². The highest BCUT2D eigenvalue weighted by molar-refractivity contribution is 6.00. The van der Waals surface area contributed by atoms with Gasteiger partial charge < -0.3 is 14.5 Å². The summed E-state index contributed by atoms with van der Waals surface area (Å²) < 4.78 is 5.89. The van der Waals surface area contributed by atoms with Crippen molar-refractivity contribution >= 4 is 17.5 Å². The summed E-state index contributed by atoms with van der Waals surface area (Å²) >= 11 is 0. The minimum Gasteiger partial charge on any atom is -0.471 e. The van der Waals surface area contributed by atoms with Crippen LogP contribution in [-0.2, 0) is 9.59 Å². The van der Waals surface area contributed by atoms with Crippen molar-refractivity contribution in [1.82, 2.24) is 14.9 Å². The Morgan fingerprint density at radius 3 is 2.79 bits per heavy atom. The van der Waals surface area contributed by atoms with Crippen LogP contribution in [0.5, 0.6) is 5.88 Å². The van der Waals surface area contributed by atoms with E-state index in [0.717, 1.165) is 24.1 Å². The van der Waals surface area contributed by atoms with Crippen LogP contribution in [0.3, 0.4) is 0 Å². The first-order valence-corrected chi connectivity index (χ1v) is 10.1. The van der Waals surface area contributed by atoms with Crippen LogP contribution in [0.15, 0.2) is 36.8 Å². The van der Waals surface area contributed by atoms with Crippen LogP contribution in [0.25, 0.3) is 0 Å². The van der Waals surface area contributed by atoms with E-state index in [9.17, 15) is 9.59 Å². The molecule has 2 amide bonds. The van der Waals surface area contributed by atoms with E-state index in [4.69, 9.17) is 4.74 Å². The fraction of sp³-hybridized carbons (Fsp3) is 0.455. The van der Waals surface area contributed by atoms with E-state index in [-0.39, 0.29) is 30.3 Å². The Morgan fingerprint density at radius 2 is 2.03 bits per heavy atom. The molecular formula is C22H26N4O3. The van der Waals surface area contributed by atoms with Crippen LogP contribution in [0, 0.1) is 19.8 Å². The summed E-state index contributed by atoms with van der Waals surface area (Å²) in [6, 6.07) is 6.00. The van der Waals surface area contributed by atoms with E-state index in [1.165, 1.54) is 5.56 Å².